The minimum absolute atomic E-state index is 0.349. The third-order valence-electron chi connectivity index (χ3n) is 1.93. The largest absolute Gasteiger partial charge is 0.465 e. The average molecular weight is 237 g/mol. The molecule has 0 atom stereocenters. The molecule has 0 saturated carbocycles. The van der Waals surface area contributed by atoms with Gasteiger partial charge >= 0.3 is 12.1 Å². The second-order valence-corrected chi connectivity index (χ2v) is 2.94. The SMILES string of the molecule is COC(=O)c1c(F)cnc(C(F)(F)F)c1C. The van der Waals surface area contributed by atoms with Gasteiger partial charge in [-0.2, -0.15) is 13.2 Å². The molecule has 0 fully saturated rings. The monoisotopic (exact) mass is 237 g/mol. The lowest BCUT2D eigenvalue weighted by Gasteiger charge is -2.12. The summed E-state index contributed by atoms with van der Waals surface area (Å²) in [6, 6.07) is 0. The van der Waals surface area contributed by atoms with Crippen LogP contribution < -0.4 is 0 Å². The number of carbonyl (C=O) groups excluding carboxylic acids is 1. The molecule has 1 heterocycles. The highest BCUT2D eigenvalue weighted by Gasteiger charge is 2.37. The summed E-state index contributed by atoms with van der Waals surface area (Å²) in [6.07, 6.45) is -4.39. The first kappa shape index (κ1) is 12.4. The molecule has 0 aliphatic heterocycles. The van der Waals surface area contributed by atoms with Crippen molar-refractivity contribution in [2.45, 2.75) is 13.1 Å². The Morgan fingerprint density at radius 3 is 2.44 bits per heavy atom. The lowest BCUT2D eigenvalue weighted by Crippen LogP contribution is -2.16. The zero-order valence-corrected chi connectivity index (χ0v) is 8.35. The van der Waals surface area contributed by atoms with Crippen LogP contribution in [0.2, 0.25) is 0 Å². The molecule has 0 radical (unpaired) electrons. The van der Waals surface area contributed by atoms with Crippen LogP contribution in [-0.4, -0.2) is 18.1 Å². The molecular formula is C9H7F4NO2. The van der Waals surface area contributed by atoms with E-state index in [4.69, 9.17) is 0 Å². The van der Waals surface area contributed by atoms with Gasteiger partial charge < -0.3 is 4.74 Å². The maximum atomic E-state index is 13.1. The summed E-state index contributed by atoms with van der Waals surface area (Å²) in [5.74, 6) is -2.31. The molecule has 16 heavy (non-hydrogen) atoms. The summed E-state index contributed by atoms with van der Waals surface area (Å²) < 4.78 is 54.5. The van der Waals surface area contributed by atoms with Crippen molar-refractivity contribution in [2.75, 3.05) is 7.11 Å². The van der Waals surface area contributed by atoms with Gasteiger partial charge in [-0.3, -0.25) is 0 Å². The van der Waals surface area contributed by atoms with Crippen molar-refractivity contribution in [1.82, 2.24) is 4.98 Å². The van der Waals surface area contributed by atoms with Crippen LogP contribution in [0.5, 0.6) is 0 Å². The Labute approximate surface area is 88.0 Å². The van der Waals surface area contributed by atoms with Gasteiger partial charge in [-0.1, -0.05) is 0 Å². The van der Waals surface area contributed by atoms with E-state index >= 15 is 0 Å². The molecule has 0 amide bonds. The van der Waals surface area contributed by atoms with E-state index in [1.54, 1.807) is 0 Å². The second-order valence-electron chi connectivity index (χ2n) is 2.94. The fourth-order valence-corrected chi connectivity index (χ4v) is 1.22. The minimum Gasteiger partial charge on any atom is -0.465 e. The number of pyridine rings is 1. The number of hydrogen-bond donors (Lipinski definition) is 0. The molecule has 0 aromatic carbocycles. The van der Waals surface area contributed by atoms with Gasteiger partial charge in [0, 0.05) is 0 Å². The number of aromatic nitrogens is 1. The molecule has 1 aromatic rings. The van der Waals surface area contributed by atoms with Crippen LogP contribution in [-0.2, 0) is 10.9 Å². The van der Waals surface area contributed by atoms with E-state index in [1.807, 2.05) is 0 Å². The quantitative estimate of drug-likeness (QED) is 0.555. The van der Waals surface area contributed by atoms with Crippen molar-refractivity contribution in [2.24, 2.45) is 0 Å². The van der Waals surface area contributed by atoms with Crippen molar-refractivity contribution in [3.63, 3.8) is 0 Å². The normalized spacial score (nSPS) is 11.4. The van der Waals surface area contributed by atoms with E-state index < -0.39 is 34.8 Å². The molecule has 0 bridgehead atoms. The van der Waals surface area contributed by atoms with Crippen LogP contribution in [0.25, 0.3) is 0 Å². The van der Waals surface area contributed by atoms with E-state index in [2.05, 4.69) is 9.72 Å². The summed E-state index contributed by atoms with van der Waals surface area (Å²) in [6.45, 7) is 0.963. The topological polar surface area (TPSA) is 39.2 Å². The molecule has 0 saturated heterocycles. The summed E-state index contributed by atoms with van der Waals surface area (Å²) >= 11 is 0. The van der Waals surface area contributed by atoms with Gasteiger partial charge in [0.15, 0.2) is 5.82 Å². The predicted octanol–water partition coefficient (Wildman–Crippen LogP) is 2.33. The molecule has 7 heteroatoms. The third-order valence-corrected chi connectivity index (χ3v) is 1.93. The Hall–Kier alpha value is -1.66. The van der Waals surface area contributed by atoms with Crippen LogP contribution in [0.1, 0.15) is 21.6 Å². The molecule has 88 valence electrons. The number of esters is 1. The zero-order chi connectivity index (χ0) is 12.5. The van der Waals surface area contributed by atoms with E-state index in [-0.39, 0.29) is 0 Å². The minimum atomic E-state index is -4.74. The fraction of sp³-hybridized carbons (Fsp3) is 0.333. The van der Waals surface area contributed by atoms with E-state index in [0.29, 0.717) is 6.20 Å². The Kier molecular flexibility index (Phi) is 3.16. The number of hydrogen-bond acceptors (Lipinski definition) is 3. The first-order chi connectivity index (χ1) is 7.29. The maximum Gasteiger partial charge on any atom is 0.433 e. The van der Waals surface area contributed by atoms with E-state index in [0.717, 1.165) is 14.0 Å². The molecule has 0 N–H and O–H groups in total. The highest BCUT2D eigenvalue weighted by Crippen LogP contribution is 2.32. The second kappa shape index (κ2) is 4.07. The van der Waals surface area contributed by atoms with Crippen molar-refractivity contribution in [1.29, 1.82) is 0 Å². The van der Waals surface area contributed by atoms with E-state index in [1.165, 1.54) is 0 Å². The Morgan fingerprint density at radius 2 is 2.00 bits per heavy atom. The van der Waals surface area contributed by atoms with Gasteiger partial charge in [0.25, 0.3) is 0 Å². The standard InChI is InChI=1S/C9H7F4NO2/c1-4-6(8(15)16-2)5(10)3-14-7(4)9(11,12)13/h3H,1-2H3. The summed E-state index contributed by atoms with van der Waals surface area (Å²) in [4.78, 5) is 14.0. The smallest absolute Gasteiger partial charge is 0.433 e. The van der Waals surface area contributed by atoms with Gasteiger partial charge in [-0.05, 0) is 12.5 Å². The number of rotatable bonds is 1. The highest BCUT2D eigenvalue weighted by molar-refractivity contribution is 5.91. The van der Waals surface area contributed by atoms with Crippen molar-refractivity contribution in [3.05, 3.63) is 28.8 Å². The molecule has 0 unspecified atom stereocenters. The summed E-state index contributed by atoms with van der Waals surface area (Å²) in [7, 11) is 0.953. The zero-order valence-electron chi connectivity index (χ0n) is 8.35. The van der Waals surface area contributed by atoms with Crippen molar-refractivity contribution >= 4 is 5.97 Å². The Bertz CT molecular complexity index is 428. The van der Waals surface area contributed by atoms with Crippen molar-refractivity contribution < 1.29 is 27.1 Å². The van der Waals surface area contributed by atoms with Crippen LogP contribution in [0, 0.1) is 12.7 Å². The van der Waals surface area contributed by atoms with Crippen LogP contribution in [0.15, 0.2) is 6.20 Å². The lowest BCUT2D eigenvalue weighted by atomic mass is 10.1. The summed E-state index contributed by atoms with van der Waals surface area (Å²) in [5.41, 5.74) is -2.63. The first-order valence-corrected chi connectivity index (χ1v) is 4.09. The Balaban J connectivity index is 3.45. The molecule has 0 aliphatic carbocycles. The maximum absolute atomic E-state index is 13.1. The summed E-state index contributed by atoms with van der Waals surface area (Å²) in [5, 5.41) is 0. The number of nitrogens with zero attached hydrogens (tertiary/aromatic N) is 1. The fourth-order valence-electron chi connectivity index (χ4n) is 1.22. The third kappa shape index (κ3) is 2.12. The van der Waals surface area contributed by atoms with Gasteiger partial charge in [0.1, 0.15) is 11.3 Å². The Morgan fingerprint density at radius 1 is 1.44 bits per heavy atom. The molecule has 3 nitrogen and oxygen atoms in total. The molecule has 0 aliphatic rings. The van der Waals surface area contributed by atoms with Crippen molar-refractivity contribution in [3.8, 4) is 0 Å². The number of methoxy groups -OCH3 is 1. The molecule has 1 aromatic heterocycles. The molecular weight excluding hydrogens is 230 g/mol. The molecule has 0 spiro atoms. The van der Waals surface area contributed by atoms with Gasteiger partial charge in [-0.25, -0.2) is 14.2 Å². The van der Waals surface area contributed by atoms with E-state index in [9.17, 15) is 22.4 Å². The van der Waals surface area contributed by atoms with Gasteiger partial charge in [0.2, 0.25) is 0 Å². The van der Waals surface area contributed by atoms with Crippen LogP contribution in [0.4, 0.5) is 17.6 Å². The number of ether oxygens (including phenoxy) is 1. The number of carbonyl (C=O) groups is 1. The van der Waals surface area contributed by atoms with Crippen LogP contribution in [0.3, 0.4) is 0 Å². The number of alkyl halides is 3. The average Bonchev–Trinajstić information content (AvgIpc) is 2.15. The first-order valence-electron chi connectivity index (χ1n) is 4.09. The van der Waals surface area contributed by atoms with Crippen LogP contribution >= 0.6 is 0 Å². The van der Waals surface area contributed by atoms with Gasteiger partial charge in [-0.15, -0.1) is 0 Å². The lowest BCUT2D eigenvalue weighted by molar-refractivity contribution is -0.141. The predicted molar refractivity (Wildman–Crippen MR) is 45.3 cm³/mol. The highest BCUT2D eigenvalue weighted by atomic mass is 19.4. The number of halogens is 4. The molecule has 1 rings (SSSR count). The van der Waals surface area contributed by atoms with Gasteiger partial charge in [0.05, 0.1) is 13.3 Å².